The topological polar surface area (TPSA) is 62.3 Å². The fourth-order valence-corrected chi connectivity index (χ4v) is 2.69. The molecule has 0 aromatic carbocycles. The summed E-state index contributed by atoms with van der Waals surface area (Å²) < 4.78 is 14.7. The van der Waals surface area contributed by atoms with Gasteiger partial charge >= 0.3 is 0 Å². The summed E-state index contributed by atoms with van der Waals surface area (Å²) in [6.45, 7) is 1.09. The van der Waals surface area contributed by atoms with Crippen molar-refractivity contribution in [3.05, 3.63) is 30.1 Å². The molecule has 1 aromatic heterocycles. The van der Waals surface area contributed by atoms with E-state index in [0.717, 1.165) is 12.8 Å². The first-order chi connectivity index (χ1) is 10.6. The van der Waals surface area contributed by atoms with Gasteiger partial charge in [0.2, 0.25) is 0 Å². The second-order valence-corrected chi connectivity index (χ2v) is 6.15. The maximum absolute atomic E-state index is 14.7. The number of nitrogens with zero attached hydrogens (tertiary/aromatic N) is 2. The molecule has 1 aliphatic carbocycles. The third-order valence-corrected chi connectivity index (χ3v) is 4.43. The molecular weight excluding hydrogens is 285 g/mol. The van der Waals surface area contributed by atoms with E-state index in [2.05, 4.69) is 10.3 Å². The van der Waals surface area contributed by atoms with Crippen molar-refractivity contribution in [3.63, 3.8) is 0 Å². The standard InChI is InChI=1S/C16H20FN3O2/c17-16(15(22)19-11-12-1-2-12)5-9-20(10-6-16)14(21)13-3-7-18-8-4-13/h3-4,7-8,12H,1-2,5-6,9-11H2,(H,19,22). The van der Waals surface area contributed by atoms with E-state index in [4.69, 9.17) is 0 Å². The van der Waals surface area contributed by atoms with E-state index in [9.17, 15) is 14.0 Å². The van der Waals surface area contributed by atoms with Crippen LogP contribution in [-0.2, 0) is 4.79 Å². The fourth-order valence-electron chi connectivity index (χ4n) is 2.69. The van der Waals surface area contributed by atoms with Crippen molar-refractivity contribution in [1.82, 2.24) is 15.2 Å². The monoisotopic (exact) mass is 305 g/mol. The van der Waals surface area contributed by atoms with E-state index in [0.29, 0.717) is 18.0 Å². The number of likely N-dealkylation sites (tertiary alicyclic amines) is 1. The predicted octanol–water partition coefficient (Wildman–Crippen LogP) is 1.55. The van der Waals surface area contributed by atoms with Gasteiger partial charge in [0.1, 0.15) is 0 Å². The van der Waals surface area contributed by atoms with Crippen LogP contribution >= 0.6 is 0 Å². The molecule has 2 aliphatic rings. The van der Waals surface area contributed by atoms with Gasteiger partial charge in [-0.05, 0) is 30.9 Å². The number of nitrogens with one attached hydrogen (secondary N) is 1. The third kappa shape index (κ3) is 3.26. The van der Waals surface area contributed by atoms with Crippen molar-refractivity contribution in [2.75, 3.05) is 19.6 Å². The van der Waals surface area contributed by atoms with Gasteiger partial charge in [0.05, 0.1) is 0 Å². The van der Waals surface area contributed by atoms with Gasteiger partial charge < -0.3 is 10.2 Å². The molecule has 1 N–H and O–H groups in total. The van der Waals surface area contributed by atoms with Gasteiger partial charge in [-0.1, -0.05) is 0 Å². The van der Waals surface area contributed by atoms with E-state index < -0.39 is 11.6 Å². The Kier molecular flexibility index (Phi) is 4.09. The maximum Gasteiger partial charge on any atom is 0.257 e. The Labute approximate surface area is 128 Å². The molecule has 118 valence electrons. The van der Waals surface area contributed by atoms with E-state index in [1.807, 2.05) is 0 Å². The van der Waals surface area contributed by atoms with Crippen molar-refractivity contribution in [3.8, 4) is 0 Å². The highest BCUT2D eigenvalue weighted by Crippen LogP contribution is 2.30. The first-order valence-corrected chi connectivity index (χ1v) is 7.75. The highest BCUT2D eigenvalue weighted by molar-refractivity contribution is 5.94. The summed E-state index contributed by atoms with van der Waals surface area (Å²) in [7, 11) is 0. The lowest BCUT2D eigenvalue weighted by atomic mass is 9.92. The minimum atomic E-state index is -1.84. The number of pyridine rings is 1. The predicted molar refractivity (Wildman–Crippen MR) is 78.9 cm³/mol. The Balaban J connectivity index is 1.54. The molecule has 0 spiro atoms. The molecule has 2 heterocycles. The first-order valence-electron chi connectivity index (χ1n) is 7.75. The van der Waals surface area contributed by atoms with Crippen LogP contribution in [0.3, 0.4) is 0 Å². The van der Waals surface area contributed by atoms with Gasteiger partial charge in [-0.25, -0.2) is 4.39 Å². The van der Waals surface area contributed by atoms with E-state index >= 15 is 0 Å². The number of amides is 2. The summed E-state index contributed by atoms with van der Waals surface area (Å²) in [5.74, 6) is -0.126. The molecule has 5 nitrogen and oxygen atoms in total. The first kappa shape index (κ1) is 14.9. The highest BCUT2D eigenvalue weighted by Gasteiger charge is 2.43. The Morgan fingerprint density at radius 3 is 2.50 bits per heavy atom. The Morgan fingerprint density at radius 2 is 1.91 bits per heavy atom. The van der Waals surface area contributed by atoms with E-state index in [-0.39, 0.29) is 31.8 Å². The second-order valence-electron chi connectivity index (χ2n) is 6.15. The Bertz CT molecular complexity index is 552. The maximum atomic E-state index is 14.7. The smallest absolute Gasteiger partial charge is 0.257 e. The van der Waals surface area contributed by atoms with Crippen LogP contribution in [0, 0.1) is 5.92 Å². The van der Waals surface area contributed by atoms with Crippen LogP contribution in [0.2, 0.25) is 0 Å². The van der Waals surface area contributed by atoms with Gasteiger partial charge in [-0.3, -0.25) is 14.6 Å². The van der Waals surface area contributed by atoms with Gasteiger partial charge in [0.25, 0.3) is 11.8 Å². The summed E-state index contributed by atoms with van der Waals surface area (Å²) in [6.07, 6.45) is 5.46. The number of hydrogen-bond donors (Lipinski definition) is 1. The lowest BCUT2D eigenvalue weighted by molar-refractivity contribution is -0.135. The van der Waals surface area contributed by atoms with Gasteiger partial charge in [0.15, 0.2) is 5.67 Å². The number of aromatic nitrogens is 1. The lowest BCUT2D eigenvalue weighted by Gasteiger charge is -2.35. The number of halogens is 1. The molecule has 2 fully saturated rings. The molecule has 1 saturated carbocycles. The van der Waals surface area contributed by atoms with Crippen LogP contribution in [-0.4, -0.2) is 47.0 Å². The largest absolute Gasteiger partial charge is 0.353 e. The Morgan fingerprint density at radius 1 is 1.27 bits per heavy atom. The fraction of sp³-hybridized carbons (Fsp3) is 0.562. The average molecular weight is 305 g/mol. The van der Waals surface area contributed by atoms with Crippen LogP contribution < -0.4 is 5.32 Å². The SMILES string of the molecule is O=C(c1ccncc1)N1CCC(F)(C(=O)NCC2CC2)CC1. The van der Waals surface area contributed by atoms with Crippen LogP contribution in [0.15, 0.2) is 24.5 Å². The molecule has 1 saturated heterocycles. The van der Waals surface area contributed by atoms with Crippen LogP contribution in [0.4, 0.5) is 4.39 Å². The normalized spacial score (nSPS) is 20.5. The molecule has 0 bridgehead atoms. The molecule has 22 heavy (non-hydrogen) atoms. The van der Waals surface area contributed by atoms with Crippen molar-refractivity contribution in [2.24, 2.45) is 5.92 Å². The number of carbonyl (C=O) groups excluding carboxylic acids is 2. The molecule has 1 aliphatic heterocycles. The van der Waals surface area contributed by atoms with Gasteiger partial charge in [-0.15, -0.1) is 0 Å². The quantitative estimate of drug-likeness (QED) is 0.918. The van der Waals surface area contributed by atoms with Crippen molar-refractivity contribution in [2.45, 2.75) is 31.4 Å². The Hall–Kier alpha value is -1.98. The van der Waals surface area contributed by atoms with Crippen molar-refractivity contribution in [1.29, 1.82) is 0 Å². The molecule has 1 aromatic rings. The molecule has 6 heteroatoms. The van der Waals surface area contributed by atoms with Gasteiger partial charge in [-0.2, -0.15) is 0 Å². The zero-order valence-corrected chi connectivity index (χ0v) is 12.4. The van der Waals surface area contributed by atoms with Gasteiger partial charge in [0, 0.05) is 50.4 Å². The molecule has 0 atom stereocenters. The van der Waals surface area contributed by atoms with Crippen LogP contribution in [0.25, 0.3) is 0 Å². The third-order valence-electron chi connectivity index (χ3n) is 4.43. The molecule has 3 rings (SSSR count). The minimum absolute atomic E-state index is 0.0559. The zero-order valence-electron chi connectivity index (χ0n) is 12.4. The summed E-state index contributed by atoms with van der Waals surface area (Å²) in [5.41, 5.74) is -1.30. The second kappa shape index (κ2) is 6.02. The lowest BCUT2D eigenvalue weighted by Crippen LogP contribution is -2.52. The number of alkyl halides is 1. The summed E-state index contributed by atoms with van der Waals surface area (Å²) in [6, 6.07) is 3.28. The number of carbonyl (C=O) groups is 2. The average Bonchev–Trinajstić information content (AvgIpc) is 3.38. The van der Waals surface area contributed by atoms with E-state index in [1.165, 1.54) is 0 Å². The van der Waals surface area contributed by atoms with Crippen LogP contribution in [0.5, 0.6) is 0 Å². The minimum Gasteiger partial charge on any atom is -0.353 e. The molecular formula is C16H20FN3O2. The zero-order chi connectivity index (χ0) is 15.6. The number of piperidine rings is 1. The molecule has 0 radical (unpaired) electrons. The van der Waals surface area contributed by atoms with Crippen LogP contribution in [0.1, 0.15) is 36.0 Å². The van der Waals surface area contributed by atoms with E-state index in [1.54, 1.807) is 29.4 Å². The highest BCUT2D eigenvalue weighted by atomic mass is 19.1. The van der Waals surface area contributed by atoms with Crippen molar-refractivity contribution < 1.29 is 14.0 Å². The summed E-state index contributed by atoms with van der Waals surface area (Å²) in [5, 5.41) is 2.70. The summed E-state index contributed by atoms with van der Waals surface area (Å²) >= 11 is 0. The summed E-state index contributed by atoms with van der Waals surface area (Å²) in [4.78, 5) is 29.8. The number of rotatable bonds is 4. The van der Waals surface area contributed by atoms with Crippen molar-refractivity contribution >= 4 is 11.8 Å². The molecule has 2 amide bonds. The molecule has 0 unspecified atom stereocenters. The number of hydrogen-bond acceptors (Lipinski definition) is 3.